The second-order valence-electron chi connectivity index (χ2n) is 3.96. The van der Waals surface area contributed by atoms with E-state index in [0.29, 0.717) is 5.92 Å². The van der Waals surface area contributed by atoms with Crippen LogP contribution in [-0.2, 0) is 4.79 Å². The molecule has 0 aromatic heterocycles. The summed E-state index contributed by atoms with van der Waals surface area (Å²) in [6.45, 7) is 4.00. The molecule has 0 heterocycles. The van der Waals surface area contributed by atoms with E-state index in [2.05, 4.69) is 0 Å². The first-order valence-electron chi connectivity index (χ1n) is 5.50. The highest BCUT2D eigenvalue weighted by molar-refractivity contribution is 5.70. The summed E-state index contributed by atoms with van der Waals surface area (Å²) in [5.74, 6) is 0.695. The van der Waals surface area contributed by atoms with Crippen LogP contribution in [-0.4, -0.2) is 11.1 Å². The molecule has 3 rings (SSSR count). The van der Waals surface area contributed by atoms with Crippen LogP contribution >= 0.6 is 0 Å². The van der Waals surface area contributed by atoms with Crippen molar-refractivity contribution >= 4 is 5.97 Å². The summed E-state index contributed by atoms with van der Waals surface area (Å²) in [7, 11) is 0. The van der Waals surface area contributed by atoms with Crippen LogP contribution in [0.15, 0.2) is 0 Å². The Morgan fingerprint density at radius 1 is 1.15 bits per heavy atom. The molecule has 1 N–H and O–H groups in total. The molecule has 0 aromatic carbocycles. The Balaban J connectivity index is 0.000000396. The van der Waals surface area contributed by atoms with E-state index in [4.69, 9.17) is 5.11 Å². The third-order valence-electron chi connectivity index (χ3n) is 3.36. The van der Waals surface area contributed by atoms with Gasteiger partial charge in [-0.05, 0) is 31.1 Å². The van der Waals surface area contributed by atoms with Gasteiger partial charge in [0.25, 0.3) is 0 Å². The van der Waals surface area contributed by atoms with E-state index >= 15 is 0 Å². The fraction of sp³-hybridized carbons (Fsp3) is 0.909. The topological polar surface area (TPSA) is 37.3 Å². The molecular weight excluding hydrogens is 164 g/mol. The van der Waals surface area contributed by atoms with E-state index < -0.39 is 5.97 Å². The van der Waals surface area contributed by atoms with Crippen LogP contribution in [0, 0.1) is 17.8 Å². The molecule has 0 amide bonds. The van der Waals surface area contributed by atoms with Crippen LogP contribution in [0.1, 0.15) is 46.0 Å². The quantitative estimate of drug-likeness (QED) is 0.680. The Labute approximate surface area is 80.3 Å². The van der Waals surface area contributed by atoms with Crippen LogP contribution < -0.4 is 0 Å². The molecule has 1 unspecified atom stereocenters. The van der Waals surface area contributed by atoms with Gasteiger partial charge in [-0.3, -0.25) is 4.79 Å². The minimum absolute atomic E-state index is 0.00231. The number of hydrogen-bond donors (Lipinski definition) is 1. The van der Waals surface area contributed by atoms with Crippen molar-refractivity contribution in [1.29, 1.82) is 0 Å². The number of aliphatic carboxylic acids is 1. The molecule has 3 aliphatic rings. The lowest BCUT2D eigenvalue weighted by Gasteiger charge is -2.40. The molecule has 3 aliphatic carbocycles. The third-order valence-corrected chi connectivity index (χ3v) is 3.36. The van der Waals surface area contributed by atoms with E-state index in [0.717, 1.165) is 12.3 Å². The largest absolute Gasteiger partial charge is 0.481 e. The summed E-state index contributed by atoms with van der Waals surface area (Å²) in [4.78, 5) is 10.7. The molecule has 2 bridgehead atoms. The van der Waals surface area contributed by atoms with Crippen molar-refractivity contribution in [3.63, 3.8) is 0 Å². The molecule has 0 radical (unpaired) electrons. The van der Waals surface area contributed by atoms with Gasteiger partial charge >= 0.3 is 5.97 Å². The van der Waals surface area contributed by atoms with Crippen LogP contribution in [0.3, 0.4) is 0 Å². The number of carboxylic acids is 1. The highest BCUT2D eigenvalue weighted by Crippen LogP contribution is 2.44. The molecule has 2 nitrogen and oxygen atoms in total. The summed E-state index contributed by atoms with van der Waals surface area (Å²) in [5.41, 5.74) is 0. The van der Waals surface area contributed by atoms with Gasteiger partial charge in [0.2, 0.25) is 0 Å². The first kappa shape index (κ1) is 10.6. The average Bonchev–Trinajstić information content (AvgIpc) is 2.22. The second kappa shape index (κ2) is 4.64. The van der Waals surface area contributed by atoms with Crippen molar-refractivity contribution in [3.8, 4) is 0 Å². The van der Waals surface area contributed by atoms with Crippen molar-refractivity contribution in [2.45, 2.75) is 46.0 Å². The lowest BCUT2D eigenvalue weighted by atomic mass is 9.65. The van der Waals surface area contributed by atoms with Crippen molar-refractivity contribution in [3.05, 3.63) is 0 Å². The predicted molar refractivity (Wildman–Crippen MR) is 52.5 cm³/mol. The minimum atomic E-state index is -0.556. The second-order valence-corrected chi connectivity index (χ2v) is 3.96. The maximum absolute atomic E-state index is 10.7. The van der Waals surface area contributed by atoms with Gasteiger partial charge < -0.3 is 5.11 Å². The SMILES string of the molecule is CC.O=C(O)C1CC2CCC1CC2. The lowest BCUT2D eigenvalue weighted by molar-refractivity contribution is -0.147. The molecular formula is C11H20O2. The average molecular weight is 184 g/mol. The number of carbonyl (C=O) groups is 1. The normalized spacial score (nSPS) is 36.3. The number of hydrogen-bond acceptors (Lipinski definition) is 1. The number of rotatable bonds is 1. The van der Waals surface area contributed by atoms with E-state index in [1.165, 1.54) is 25.7 Å². The smallest absolute Gasteiger partial charge is 0.306 e. The zero-order valence-corrected chi connectivity index (χ0v) is 8.62. The number of fused-ring (bicyclic) bond motifs is 3. The van der Waals surface area contributed by atoms with E-state index in [-0.39, 0.29) is 5.92 Å². The molecule has 13 heavy (non-hydrogen) atoms. The van der Waals surface area contributed by atoms with Gasteiger partial charge in [0.1, 0.15) is 0 Å². The Kier molecular flexibility index (Phi) is 3.76. The molecule has 2 heteroatoms. The lowest BCUT2D eigenvalue weighted by Crippen LogP contribution is -2.35. The molecule has 0 aromatic rings. The van der Waals surface area contributed by atoms with Crippen LogP contribution in [0.5, 0.6) is 0 Å². The zero-order valence-electron chi connectivity index (χ0n) is 8.62. The fourth-order valence-electron chi connectivity index (χ4n) is 2.68. The zero-order chi connectivity index (χ0) is 9.84. The van der Waals surface area contributed by atoms with E-state index in [9.17, 15) is 4.79 Å². The molecule has 3 fully saturated rings. The van der Waals surface area contributed by atoms with Gasteiger partial charge in [0.05, 0.1) is 5.92 Å². The summed E-state index contributed by atoms with van der Waals surface area (Å²) >= 11 is 0. The van der Waals surface area contributed by atoms with Gasteiger partial charge in [-0.15, -0.1) is 0 Å². The maximum Gasteiger partial charge on any atom is 0.306 e. The van der Waals surface area contributed by atoms with Crippen LogP contribution in [0.25, 0.3) is 0 Å². The molecule has 0 saturated heterocycles. The standard InChI is InChI=1S/C9H14O2.C2H6/c10-9(11)8-5-6-1-3-7(8)4-2-6;1-2/h6-8H,1-5H2,(H,10,11);1-2H3. The molecule has 3 saturated carbocycles. The molecule has 0 aliphatic heterocycles. The summed E-state index contributed by atoms with van der Waals surface area (Å²) in [6.07, 6.45) is 5.87. The summed E-state index contributed by atoms with van der Waals surface area (Å²) in [6, 6.07) is 0. The monoisotopic (exact) mass is 184 g/mol. The highest BCUT2D eigenvalue weighted by Gasteiger charge is 2.39. The van der Waals surface area contributed by atoms with Gasteiger partial charge in [0.15, 0.2) is 0 Å². The van der Waals surface area contributed by atoms with Gasteiger partial charge in [-0.1, -0.05) is 26.7 Å². The Morgan fingerprint density at radius 2 is 1.69 bits per heavy atom. The minimum Gasteiger partial charge on any atom is -0.481 e. The van der Waals surface area contributed by atoms with E-state index in [1.54, 1.807) is 0 Å². The Morgan fingerprint density at radius 3 is 1.92 bits per heavy atom. The first-order valence-corrected chi connectivity index (χ1v) is 5.50. The first-order chi connectivity index (χ1) is 6.27. The molecule has 1 atom stereocenters. The van der Waals surface area contributed by atoms with Gasteiger partial charge in [-0.25, -0.2) is 0 Å². The van der Waals surface area contributed by atoms with Gasteiger partial charge in [0, 0.05) is 0 Å². The Hall–Kier alpha value is -0.530. The predicted octanol–water partition coefficient (Wildman–Crippen LogP) is 2.92. The molecule has 0 spiro atoms. The fourth-order valence-corrected chi connectivity index (χ4v) is 2.68. The third kappa shape index (κ3) is 2.23. The molecule has 76 valence electrons. The van der Waals surface area contributed by atoms with Crippen molar-refractivity contribution < 1.29 is 9.90 Å². The van der Waals surface area contributed by atoms with Crippen molar-refractivity contribution in [2.24, 2.45) is 17.8 Å². The van der Waals surface area contributed by atoms with Gasteiger partial charge in [-0.2, -0.15) is 0 Å². The van der Waals surface area contributed by atoms with E-state index in [1.807, 2.05) is 13.8 Å². The summed E-state index contributed by atoms with van der Waals surface area (Å²) in [5, 5.41) is 8.86. The maximum atomic E-state index is 10.7. The van der Waals surface area contributed by atoms with Crippen LogP contribution in [0.4, 0.5) is 0 Å². The Bertz CT molecular complexity index is 169. The highest BCUT2D eigenvalue weighted by atomic mass is 16.4. The van der Waals surface area contributed by atoms with Crippen molar-refractivity contribution in [2.75, 3.05) is 0 Å². The van der Waals surface area contributed by atoms with Crippen molar-refractivity contribution in [1.82, 2.24) is 0 Å². The number of carboxylic acid groups (broad SMARTS) is 1. The summed E-state index contributed by atoms with van der Waals surface area (Å²) < 4.78 is 0. The van der Waals surface area contributed by atoms with Crippen LogP contribution in [0.2, 0.25) is 0 Å².